The van der Waals surface area contributed by atoms with E-state index in [2.05, 4.69) is 52.0 Å². The molecule has 0 N–H and O–H groups in total. The molecule has 4 aliphatic heterocycles. The standard InChI is InChI=1S/4C5H7N/c2*1-5-2-3-6-4-5;2*1-5-3-2-4-6-5/h3-4H,2H2,1H3;2*2,4H,3H2,1H3;2-3H,4H2,1H3. The summed E-state index contributed by atoms with van der Waals surface area (Å²) in [7, 11) is 0. The van der Waals surface area contributed by atoms with Gasteiger partial charge >= 0.3 is 0 Å². The summed E-state index contributed by atoms with van der Waals surface area (Å²) >= 11 is 0. The zero-order chi connectivity index (χ0) is 17.6. The van der Waals surface area contributed by atoms with E-state index in [-0.39, 0.29) is 0 Å². The van der Waals surface area contributed by atoms with Gasteiger partial charge in [0.25, 0.3) is 0 Å². The minimum absolute atomic E-state index is 0.895. The molecule has 0 aromatic rings. The van der Waals surface area contributed by atoms with E-state index in [4.69, 9.17) is 0 Å². The lowest BCUT2D eigenvalue weighted by Gasteiger charge is -1.76. The van der Waals surface area contributed by atoms with Gasteiger partial charge in [-0.05, 0) is 44.9 Å². The molecule has 0 unspecified atom stereocenters. The van der Waals surface area contributed by atoms with Gasteiger partial charge in [0.15, 0.2) is 0 Å². The summed E-state index contributed by atoms with van der Waals surface area (Å²) in [5.41, 5.74) is 5.01. The Morgan fingerprint density at radius 2 is 1.79 bits per heavy atom. The molecule has 0 aromatic heterocycles. The molecule has 0 aromatic carbocycles. The Bertz CT molecular complexity index is 565. The van der Waals surface area contributed by atoms with E-state index in [0.717, 1.165) is 31.6 Å². The lowest BCUT2D eigenvalue weighted by Crippen LogP contribution is -1.78. The molecule has 128 valence electrons. The normalized spacial score (nSPS) is 18.5. The molecule has 0 radical (unpaired) electrons. The number of rotatable bonds is 0. The maximum absolute atomic E-state index is 4.04. The first kappa shape index (κ1) is 19.7. The minimum Gasteiger partial charge on any atom is -0.289 e. The summed E-state index contributed by atoms with van der Waals surface area (Å²) in [4.78, 5) is 15.8. The van der Waals surface area contributed by atoms with E-state index in [1.54, 1.807) is 0 Å². The van der Waals surface area contributed by atoms with Crippen LogP contribution in [0.3, 0.4) is 0 Å². The highest BCUT2D eigenvalue weighted by Gasteiger charge is 1.88. The van der Waals surface area contributed by atoms with Crippen LogP contribution in [0.25, 0.3) is 0 Å². The van der Waals surface area contributed by atoms with Gasteiger partial charge in [-0.3, -0.25) is 20.0 Å². The molecule has 4 heteroatoms. The van der Waals surface area contributed by atoms with Crippen LogP contribution in [0.5, 0.6) is 0 Å². The third-order valence-corrected chi connectivity index (χ3v) is 3.25. The van der Waals surface area contributed by atoms with Gasteiger partial charge in [-0.2, -0.15) is 0 Å². The predicted octanol–water partition coefficient (Wildman–Crippen LogP) is 4.76. The van der Waals surface area contributed by atoms with Crippen LogP contribution in [-0.2, 0) is 0 Å². The quantitative estimate of drug-likeness (QED) is 0.616. The fourth-order valence-electron chi connectivity index (χ4n) is 1.80. The van der Waals surface area contributed by atoms with Gasteiger partial charge in [-0.15, -0.1) is 0 Å². The number of allylic oxidation sites excluding steroid dienone is 4. The molecule has 4 heterocycles. The van der Waals surface area contributed by atoms with Crippen molar-refractivity contribution in [2.45, 2.75) is 40.5 Å². The lowest BCUT2D eigenvalue weighted by atomic mass is 10.3. The van der Waals surface area contributed by atoms with Crippen LogP contribution >= 0.6 is 0 Å². The summed E-state index contributed by atoms with van der Waals surface area (Å²) < 4.78 is 0. The van der Waals surface area contributed by atoms with E-state index in [0.29, 0.717) is 0 Å². The van der Waals surface area contributed by atoms with E-state index in [9.17, 15) is 0 Å². The van der Waals surface area contributed by atoms with Gasteiger partial charge in [0.2, 0.25) is 0 Å². The fourth-order valence-corrected chi connectivity index (χ4v) is 1.80. The Hall–Kier alpha value is -2.36. The Balaban J connectivity index is 0.000000160. The van der Waals surface area contributed by atoms with Crippen LogP contribution in [-0.4, -0.2) is 36.9 Å². The first-order chi connectivity index (χ1) is 11.6. The molecular formula is C20H28N4. The molecule has 0 bridgehead atoms. The van der Waals surface area contributed by atoms with Crippen LogP contribution in [0.15, 0.2) is 67.8 Å². The summed E-state index contributed by atoms with van der Waals surface area (Å²) in [6.45, 7) is 9.95. The van der Waals surface area contributed by atoms with Crippen molar-refractivity contribution in [1.29, 1.82) is 0 Å². The molecule has 0 amide bonds. The second-order valence-electron chi connectivity index (χ2n) is 5.79. The Kier molecular flexibility index (Phi) is 9.93. The third kappa shape index (κ3) is 10.4. The van der Waals surface area contributed by atoms with Gasteiger partial charge in [0.1, 0.15) is 0 Å². The molecule has 24 heavy (non-hydrogen) atoms. The Morgan fingerprint density at radius 3 is 1.96 bits per heavy atom. The van der Waals surface area contributed by atoms with Crippen molar-refractivity contribution in [3.05, 3.63) is 47.9 Å². The molecule has 0 fully saturated rings. The monoisotopic (exact) mass is 324 g/mol. The molecule has 0 aliphatic carbocycles. The van der Waals surface area contributed by atoms with Gasteiger partial charge in [0.05, 0.1) is 13.1 Å². The van der Waals surface area contributed by atoms with Gasteiger partial charge in [-0.1, -0.05) is 18.2 Å². The molecule has 0 saturated carbocycles. The zero-order valence-corrected chi connectivity index (χ0v) is 15.2. The van der Waals surface area contributed by atoms with Crippen molar-refractivity contribution in [3.63, 3.8) is 0 Å². The summed E-state index contributed by atoms with van der Waals surface area (Å²) in [5.74, 6) is 0. The molecule has 4 nitrogen and oxygen atoms in total. The summed E-state index contributed by atoms with van der Waals surface area (Å²) in [5, 5.41) is 0. The number of nitrogens with zero attached hydrogens (tertiary/aromatic N) is 4. The second-order valence-corrected chi connectivity index (χ2v) is 5.79. The molecule has 0 atom stereocenters. The molecular weight excluding hydrogens is 296 g/mol. The van der Waals surface area contributed by atoms with Gasteiger partial charge in [0, 0.05) is 49.1 Å². The average molecular weight is 324 g/mol. The van der Waals surface area contributed by atoms with Crippen LogP contribution in [0, 0.1) is 0 Å². The van der Waals surface area contributed by atoms with Crippen LogP contribution < -0.4 is 0 Å². The number of hydrogen-bond donors (Lipinski definition) is 0. The SMILES string of the molecule is CC1=CCN=C1.CC1=CN=CC1.CC1=NC=CC1.CC1=NCC=C1. The highest BCUT2D eigenvalue weighted by atomic mass is 14.7. The van der Waals surface area contributed by atoms with Crippen LogP contribution in [0.1, 0.15) is 40.5 Å². The van der Waals surface area contributed by atoms with Crippen molar-refractivity contribution >= 4 is 23.9 Å². The maximum atomic E-state index is 4.04. The summed E-state index contributed by atoms with van der Waals surface area (Å²) in [6, 6.07) is 0. The van der Waals surface area contributed by atoms with Crippen molar-refractivity contribution in [3.8, 4) is 0 Å². The largest absolute Gasteiger partial charge is 0.289 e. The molecule has 0 spiro atoms. The number of aliphatic imine (C=N–C) groups is 4. The maximum Gasteiger partial charge on any atom is 0.0577 e. The summed E-state index contributed by atoms with van der Waals surface area (Å²) in [6.07, 6.45) is 17.9. The Labute approximate surface area is 145 Å². The van der Waals surface area contributed by atoms with Crippen molar-refractivity contribution in [2.24, 2.45) is 20.0 Å². The predicted molar refractivity (Wildman–Crippen MR) is 108 cm³/mol. The van der Waals surface area contributed by atoms with Crippen molar-refractivity contribution < 1.29 is 0 Å². The highest BCUT2D eigenvalue weighted by molar-refractivity contribution is 5.94. The van der Waals surface area contributed by atoms with E-state index in [1.165, 1.54) is 16.9 Å². The smallest absolute Gasteiger partial charge is 0.0577 e. The zero-order valence-electron chi connectivity index (χ0n) is 15.2. The van der Waals surface area contributed by atoms with Gasteiger partial charge < -0.3 is 0 Å². The number of hydrogen-bond acceptors (Lipinski definition) is 4. The van der Waals surface area contributed by atoms with Crippen molar-refractivity contribution in [2.75, 3.05) is 13.1 Å². The first-order valence-electron chi connectivity index (χ1n) is 8.27. The van der Waals surface area contributed by atoms with Crippen LogP contribution in [0.4, 0.5) is 0 Å². The minimum atomic E-state index is 0.895. The van der Waals surface area contributed by atoms with Gasteiger partial charge in [-0.25, -0.2) is 0 Å². The van der Waals surface area contributed by atoms with Crippen molar-refractivity contribution in [1.82, 2.24) is 0 Å². The molecule has 4 aliphatic rings. The Morgan fingerprint density at radius 1 is 0.958 bits per heavy atom. The van der Waals surface area contributed by atoms with E-state index >= 15 is 0 Å². The molecule has 0 saturated heterocycles. The first-order valence-corrected chi connectivity index (χ1v) is 8.27. The van der Waals surface area contributed by atoms with Crippen LogP contribution in [0.2, 0.25) is 0 Å². The lowest BCUT2D eigenvalue weighted by molar-refractivity contribution is 1.28. The third-order valence-electron chi connectivity index (χ3n) is 3.25. The van der Waals surface area contributed by atoms with E-state index in [1.807, 2.05) is 44.8 Å². The second kappa shape index (κ2) is 12.1. The van der Waals surface area contributed by atoms with E-state index < -0.39 is 0 Å². The average Bonchev–Trinajstić information content (AvgIpc) is 3.31. The topological polar surface area (TPSA) is 49.4 Å². The fraction of sp³-hybridized carbons (Fsp3) is 0.400. The molecule has 4 rings (SSSR count). The highest BCUT2D eigenvalue weighted by Crippen LogP contribution is 2.02.